The van der Waals surface area contributed by atoms with Crippen LogP contribution >= 0.6 is 0 Å². The van der Waals surface area contributed by atoms with E-state index < -0.39 is 36.4 Å². The largest absolute Gasteiger partial charge is 0.452 e. The minimum Gasteiger partial charge on any atom is -0.452 e. The first kappa shape index (κ1) is 21.7. The zero-order chi connectivity index (χ0) is 21.2. The summed E-state index contributed by atoms with van der Waals surface area (Å²) >= 11 is 0. The summed E-state index contributed by atoms with van der Waals surface area (Å²) < 4.78 is 23.3. The monoisotopic (exact) mass is 411 g/mol. The summed E-state index contributed by atoms with van der Waals surface area (Å²) in [4.78, 5) is 27.5. The zero-order valence-electron chi connectivity index (χ0n) is 17.2. The van der Waals surface area contributed by atoms with Crippen LogP contribution < -0.4 is 10.6 Å². The van der Waals surface area contributed by atoms with Gasteiger partial charge in [0.2, 0.25) is 0 Å². The fourth-order valence-corrected chi connectivity index (χ4v) is 4.48. The van der Waals surface area contributed by atoms with Crippen LogP contribution in [0.1, 0.15) is 40.0 Å². The Labute approximate surface area is 169 Å². The van der Waals surface area contributed by atoms with Crippen LogP contribution in [0.15, 0.2) is 11.6 Å². The molecule has 10 heteroatoms. The molecule has 2 N–H and O–H groups in total. The van der Waals surface area contributed by atoms with Gasteiger partial charge < -0.3 is 29.8 Å². The van der Waals surface area contributed by atoms with Crippen LogP contribution in [0.2, 0.25) is 0 Å². The summed E-state index contributed by atoms with van der Waals surface area (Å²) in [5.74, 6) is -0.939. The standard InChI is InChI=1S/C19H29N3O7/c1-11(2)5-6-13-18(3,28-13)16-15(25-4)12(7-8-19(16)10-26-19)27-17(24)21-9-14(23)29-22-20/h5,12-13,15-16,22H,6-10H2,1-4H3,(H,21,24). The number of carbonyl (C=O) groups excluding carboxylic acids is 2. The lowest BCUT2D eigenvalue weighted by molar-refractivity contribution is -0.741. The number of hydrogen-bond acceptors (Lipinski definition) is 7. The molecule has 3 rings (SSSR count). The summed E-state index contributed by atoms with van der Waals surface area (Å²) in [6.45, 7) is 6.37. The smallest absolute Gasteiger partial charge is 0.408 e. The molecule has 2 aliphatic heterocycles. The van der Waals surface area contributed by atoms with Gasteiger partial charge in [0.25, 0.3) is 0 Å². The molecule has 2 heterocycles. The van der Waals surface area contributed by atoms with Gasteiger partial charge in [0.15, 0.2) is 0 Å². The van der Waals surface area contributed by atoms with Gasteiger partial charge in [-0.25, -0.2) is 14.4 Å². The number of epoxide rings is 2. The van der Waals surface area contributed by atoms with E-state index in [-0.39, 0.29) is 17.6 Å². The zero-order valence-corrected chi connectivity index (χ0v) is 17.2. The van der Waals surface area contributed by atoms with E-state index in [2.05, 4.69) is 37.0 Å². The van der Waals surface area contributed by atoms with Crippen molar-refractivity contribution in [3.63, 3.8) is 0 Å². The molecule has 0 bridgehead atoms. The Balaban J connectivity index is 1.65. The molecule has 0 aromatic carbocycles. The fourth-order valence-electron chi connectivity index (χ4n) is 4.48. The number of carbonyl (C=O) groups is 2. The first-order valence-corrected chi connectivity index (χ1v) is 9.77. The van der Waals surface area contributed by atoms with Crippen LogP contribution in [0.4, 0.5) is 4.79 Å². The molecular formula is C19H29N3O7. The summed E-state index contributed by atoms with van der Waals surface area (Å²) in [6, 6.07) is 0. The highest BCUT2D eigenvalue weighted by Crippen LogP contribution is 2.59. The molecule has 0 aromatic heterocycles. The highest BCUT2D eigenvalue weighted by Gasteiger charge is 2.72. The lowest BCUT2D eigenvalue weighted by Crippen LogP contribution is -2.64. The van der Waals surface area contributed by atoms with Gasteiger partial charge in [-0.05, 0) is 40.0 Å². The second kappa shape index (κ2) is 8.37. The van der Waals surface area contributed by atoms with Crippen molar-refractivity contribution < 1.29 is 38.7 Å². The number of rotatable bonds is 8. The molecule has 6 unspecified atom stereocenters. The summed E-state index contributed by atoms with van der Waals surface area (Å²) in [7, 11) is 1.59. The van der Waals surface area contributed by atoms with Crippen molar-refractivity contribution in [1.29, 1.82) is 0 Å². The van der Waals surface area contributed by atoms with E-state index in [9.17, 15) is 9.59 Å². The molecule has 1 aliphatic carbocycles. The average molecular weight is 411 g/mol. The molecule has 6 atom stereocenters. The number of allylic oxidation sites excluding steroid dienone is 1. The number of nitrogens with zero attached hydrogens (tertiary/aromatic N) is 1. The third kappa shape index (κ3) is 4.59. The maximum atomic E-state index is 12.1. The molecule has 1 amide bonds. The van der Waals surface area contributed by atoms with E-state index in [0.717, 1.165) is 12.8 Å². The second-order valence-electron chi connectivity index (χ2n) is 8.24. The highest BCUT2D eigenvalue weighted by atomic mass is 16.7. The van der Waals surface area contributed by atoms with Crippen molar-refractivity contribution in [1.82, 2.24) is 5.32 Å². The summed E-state index contributed by atoms with van der Waals surface area (Å²) in [5.41, 5.74) is 8.82. The first-order chi connectivity index (χ1) is 13.8. The molecule has 0 radical (unpaired) electrons. The van der Waals surface area contributed by atoms with Gasteiger partial charge in [0, 0.05) is 7.11 Å². The topological polar surface area (TPSA) is 135 Å². The van der Waals surface area contributed by atoms with Crippen LogP contribution in [0.5, 0.6) is 0 Å². The molecule has 3 fully saturated rings. The number of hydrogen-bond donors (Lipinski definition) is 2. The van der Waals surface area contributed by atoms with Crippen LogP contribution in [0.3, 0.4) is 0 Å². The minimum atomic E-state index is -0.861. The van der Waals surface area contributed by atoms with Gasteiger partial charge in [0.05, 0.1) is 18.6 Å². The van der Waals surface area contributed by atoms with Crippen molar-refractivity contribution in [3.8, 4) is 0 Å². The van der Waals surface area contributed by atoms with Crippen molar-refractivity contribution in [2.75, 3.05) is 20.3 Å². The molecule has 2 saturated heterocycles. The van der Waals surface area contributed by atoms with Gasteiger partial charge >= 0.3 is 12.1 Å². The summed E-state index contributed by atoms with van der Waals surface area (Å²) in [6.07, 6.45) is 2.69. The molecule has 1 spiro atoms. The predicted molar refractivity (Wildman–Crippen MR) is 98.2 cm³/mol. The molecule has 10 nitrogen and oxygen atoms in total. The van der Waals surface area contributed by atoms with E-state index in [4.69, 9.17) is 24.5 Å². The summed E-state index contributed by atoms with van der Waals surface area (Å²) in [5, 5.41) is 3.56. The van der Waals surface area contributed by atoms with Crippen LogP contribution in [0, 0.1) is 5.92 Å². The molecule has 29 heavy (non-hydrogen) atoms. The van der Waals surface area contributed by atoms with E-state index in [1.165, 1.54) is 10.9 Å². The van der Waals surface area contributed by atoms with Crippen LogP contribution in [-0.2, 0) is 28.6 Å². The number of alkyl carbamates (subject to hydrolysis) is 1. The number of nitrogens with one attached hydrogen (secondary N) is 2. The fraction of sp³-hybridized carbons (Fsp3) is 0.789. The van der Waals surface area contributed by atoms with E-state index in [0.29, 0.717) is 13.0 Å². The first-order valence-electron chi connectivity index (χ1n) is 9.77. The second-order valence-corrected chi connectivity index (χ2v) is 8.24. The van der Waals surface area contributed by atoms with Crippen molar-refractivity contribution in [3.05, 3.63) is 17.2 Å². The number of ether oxygens (including phenoxy) is 4. The van der Waals surface area contributed by atoms with E-state index in [1.807, 2.05) is 0 Å². The molecule has 1 saturated carbocycles. The van der Waals surface area contributed by atoms with Gasteiger partial charge in [-0.1, -0.05) is 11.6 Å². The van der Waals surface area contributed by atoms with E-state index in [1.54, 1.807) is 7.11 Å². The van der Waals surface area contributed by atoms with Gasteiger partial charge in [-0.15, -0.1) is 5.28 Å². The SMILES string of the molecule is COC1C(OC(=O)NCC(=O)O[NH+]=[N-])CCC2(CO2)C1C1(C)OC1CC=C(C)C. The van der Waals surface area contributed by atoms with E-state index >= 15 is 0 Å². The maximum absolute atomic E-state index is 12.1. The lowest BCUT2D eigenvalue weighted by Gasteiger charge is -2.42. The third-order valence-electron chi connectivity index (χ3n) is 6.03. The van der Waals surface area contributed by atoms with Gasteiger partial charge in [-0.2, -0.15) is 0 Å². The highest BCUT2D eigenvalue weighted by molar-refractivity contribution is 5.77. The van der Waals surface area contributed by atoms with Crippen LogP contribution in [-0.4, -0.2) is 61.8 Å². The predicted octanol–water partition coefficient (Wildman–Crippen LogP) is 0.349. The third-order valence-corrected chi connectivity index (χ3v) is 6.03. The average Bonchev–Trinajstić information content (AvgIpc) is 3.58. The van der Waals surface area contributed by atoms with Crippen LogP contribution in [0.25, 0.3) is 5.53 Å². The Bertz CT molecular complexity index is 689. The molecular weight excluding hydrogens is 382 g/mol. The number of methoxy groups -OCH3 is 1. The number of amides is 1. The molecule has 162 valence electrons. The van der Waals surface area contributed by atoms with Crippen molar-refractivity contribution in [2.45, 2.75) is 69.5 Å². The maximum Gasteiger partial charge on any atom is 0.408 e. The van der Waals surface area contributed by atoms with Gasteiger partial charge in [0.1, 0.15) is 30.0 Å². The Hall–Kier alpha value is -2.04. The van der Waals surface area contributed by atoms with Gasteiger partial charge in [-0.3, -0.25) is 0 Å². The minimum absolute atomic E-state index is 0.0643. The Morgan fingerprint density at radius 3 is 2.69 bits per heavy atom. The van der Waals surface area contributed by atoms with Crippen molar-refractivity contribution >= 4 is 12.1 Å². The Kier molecular flexibility index (Phi) is 6.25. The normalized spacial score (nSPS) is 37.4. The van der Waals surface area contributed by atoms with Crippen molar-refractivity contribution in [2.24, 2.45) is 5.92 Å². The molecule has 3 aliphatic rings. The Morgan fingerprint density at radius 1 is 1.38 bits per heavy atom. The Morgan fingerprint density at radius 2 is 2.10 bits per heavy atom. The molecule has 0 aromatic rings. The quantitative estimate of drug-likeness (QED) is 0.255. The lowest BCUT2D eigenvalue weighted by atomic mass is 9.68.